The molecule has 0 spiro atoms. The molecular weight excluding hydrogens is 284 g/mol. The van der Waals surface area contributed by atoms with Gasteiger partial charge in [0.1, 0.15) is 0 Å². The van der Waals surface area contributed by atoms with Crippen LogP contribution in [0, 0.1) is 6.92 Å². The van der Waals surface area contributed by atoms with E-state index in [-0.39, 0.29) is 5.56 Å². The maximum atomic E-state index is 12.3. The van der Waals surface area contributed by atoms with Crippen LogP contribution in [0.3, 0.4) is 0 Å². The molecule has 1 aromatic carbocycles. The molecule has 0 saturated heterocycles. The lowest BCUT2D eigenvalue weighted by Gasteiger charge is -2.08. The predicted molar refractivity (Wildman–Crippen MR) is 84.7 cm³/mol. The molecule has 5 nitrogen and oxygen atoms in total. The maximum Gasteiger partial charge on any atom is 0.280 e. The van der Waals surface area contributed by atoms with Gasteiger partial charge >= 0.3 is 0 Å². The summed E-state index contributed by atoms with van der Waals surface area (Å²) in [5.74, 6) is 6.48. The van der Waals surface area contributed by atoms with E-state index in [4.69, 9.17) is 5.84 Å². The third kappa shape index (κ3) is 2.75. The highest BCUT2D eigenvalue weighted by Crippen LogP contribution is 2.20. The second kappa shape index (κ2) is 5.57. The average molecular weight is 298 g/mol. The maximum absolute atomic E-state index is 12.3. The van der Waals surface area contributed by atoms with Crippen molar-refractivity contribution >= 4 is 22.7 Å². The van der Waals surface area contributed by atoms with E-state index in [1.54, 1.807) is 12.3 Å². The number of benzene rings is 1. The van der Waals surface area contributed by atoms with Crippen molar-refractivity contribution in [2.24, 2.45) is 0 Å². The van der Waals surface area contributed by atoms with Gasteiger partial charge in [0, 0.05) is 11.9 Å². The summed E-state index contributed by atoms with van der Waals surface area (Å²) in [6, 6.07) is 11.3. The average Bonchev–Trinajstić information content (AvgIpc) is 2.51. The molecule has 0 aliphatic heterocycles. The van der Waals surface area contributed by atoms with Crippen molar-refractivity contribution in [2.75, 3.05) is 5.84 Å². The van der Waals surface area contributed by atoms with Crippen molar-refractivity contribution in [2.45, 2.75) is 17.8 Å². The molecular formula is C15H14N4OS. The van der Waals surface area contributed by atoms with Gasteiger partial charge in [-0.15, -0.1) is 0 Å². The quantitative estimate of drug-likeness (QED) is 0.455. The first-order valence-corrected chi connectivity index (χ1v) is 7.45. The Hall–Kier alpha value is -2.34. The van der Waals surface area contributed by atoms with Gasteiger partial charge < -0.3 is 5.84 Å². The van der Waals surface area contributed by atoms with Gasteiger partial charge in [-0.3, -0.25) is 9.78 Å². The minimum absolute atomic E-state index is 0.229. The Morgan fingerprint density at radius 2 is 2.14 bits per heavy atom. The molecule has 106 valence electrons. The number of nitrogens with two attached hydrogens (primary N) is 1. The fraction of sp³-hybridized carbons (Fsp3) is 0.133. The van der Waals surface area contributed by atoms with Gasteiger partial charge in [-0.2, -0.15) is 0 Å². The van der Waals surface area contributed by atoms with Gasteiger partial charge in [-0.05, 0) is 31.2 Å². The number of nitrogens with zero attached hydrogens (tertiary/aromatic N) is 3. The van der Waals surface area contributed by atoms with E-state index in [9.17, 15) is 4.79 Å². The number of hydrogen-bond donors (Lipinski definition) is 1. The van der Waals surface area contributed by atoms with Gasteiger partial charge in [-0.25, -0.2) is 9.66 Å². The SMILES string of the molecule is Cc1ccc2nc(SCc3ccccn3)n(N)c(=O)c2c1. The summed E-state index contributed by atoms with van der Waals surface area (Å²) >= 11 is 1.40. The van der Waals surface area contributed by atoms with E-state index in [2.05, 4.69) is 9.97 Å². The second-order valence-electron chi connectivity index (χ2n) is 4.70. The van der Waals surface area contributed by atoms with Crippen LogP contribution in [-0.2, 0) is 5.75 Å². The molecule has 21 heavy (non-hydrogen) atoms. The zero-order valence-electron chi connectivity index (χ0n) is 11.5. The van der Waals surface area contributed by atoms with E-state index in [0.29, 0.717) is 21.8 Å². The van der Waals surface area contributed by atoms with E-state index in [0.717, 1.165) is 15.9 Å². The molecule has 2 aromatic heterocycles. The minimum atomic E-state index is -0.229. The Labute approximate surface area is 125 Å². The summed E-state index contributed by atoms with van der Waals surface area (Å²) in [6.07, 6.45) is 1.74. The summed E-state index contributed by atoms with van der Waals surface area (Å²) in [5.41, 5.74) is 2.36. The number of nitrogen functional groups attached to an aromatic ring is 1. The van der Waals surface area contributed by atoms with Crippen molar-refractivity contribution in [1.82, 2.24) is 14.6 Å². The summed E-state index contributed by atoms with van der Waals surface area (Å²) in [4.78, 5) is 21.0. The number of thioether (sulfide) groups is 1. The first-order chi connectivity index (χ1) is 10.1. The molecule has 0 unspecified atom stereocenters. The molecule has 0 bridgehead atoms. The minimum Gasteiger partial charge on any atom is -0.334 e. The highest BCUT2D eigenvalue weighted by atomic mass is 32.2. The van der Waals surface area contributed by atoms with Crippen LogP contribution in [0.5, 0.6) is 0 Å². The topological polar surface area (TPSA) is 73.8 Å². The molecule has 2 N–H and O–H groups in total. The van der Waals surface area contributed by atoms with Crippen molar-refractivity contribution < 1.29 is 0 Å². The van der Waals surface area contributed by atoms with Crippen molar-refractivity contribution in [1.29, 1.82) is 0 Å². The standard InChI is InChI=1S/C15H14N4OS/c1-10-5-6-13-12(8-10)14(20)19(16)15(18-13)21-9-11-4-2-3-7-17-11/h2-8H,9,16H2,1H3. The largest absolute Gasteiger partial charge is 0.334 e. The number of fused-ring (bicyclic) bond motifs is 1. The van der Waals surface area contributed by atoms with Crippen LogP contribution < -0.4 is 11.4 Å². The molecule has 0 aliphatic carbocycles. The summed E-state index contributed by atoms with van der Waals surface area (Å²) in [5, 5.41) is 1.03. The monoisotopic (exact) mass is 298 g/mol. The second-order valence-corrected chi connectivity index (χ2v) is 5.64. The molecule has 2 heterocycles. The highest BCUT2D eigenvalue weighted by molar-refractivity contribution is 7.98. The number of pyridine rings is 1. The third-order valence-corrected chi connectivity index (χ3v) is 4.09. The normalized spacial score (nSPS) is 10.9. The van der Waals surface area contributed by atoms with Crippen LogP contribution in [-0.4, -0.2) is 14.6 Å². The lowest BCUT2D eigenvalue weighted by Crippen LogP contribution is -2.29. The number of aryl methyl sites for hydroxylation is 1. The smallest absolute Gasteiger partial charge is 0.280 e. The molecule has 0 saturated carbocycles. The summed E-state index contributed by atoms with van der Waals surface area (Å²) in [6.45, 7) is 1.93. The number of aromatic nitrogens is 3. The summed E-state index contributed by atoms with van der Waals surface area (Å²) < 4.78 is 1.11. The van der Waals surface area contributed by atoms with E-state index in [1.165, 1.54) is 11.8 Å². The van der Waals surface area contributed by atoms with Gasteiger partial charge in [0.15, 0.2) is 5.16 Å². The van der Waals surface area contributed by atoms with Gasteiger partial charge in [0.25, 0.3) is 5.56 Å². The van der Waals surface area contributed by atoms with Gasteiger partial charge in [0.05, 0.1) is 16.6 Å². The van der Waals surface area contributed by atoms with Crippen LogP contribution >= 0.6 is 11.8 Å². The Morgan fingerprint density at radius 1 is 1.29 bits per heavy atom. The molecule has 0 aliphatic rings. The van der Waals surface area contributed by atoms with Crippen LogP contribution in [0.1, 0.15) is 11.3 Å². The molecule has 0 fully saturated rings. The summed E-state index contributed by atoms with van der Waals surface area (Å²) in [7, 11) is 0. The van der Waals surface area contributed by atoms with Crippen LogP contribution in [0.2, 0.25) is 0 Å². The van der Waals surface area contributed by atoms with E-state index >= 15 is 0 Å². The Bertz CT molecular complexity index is 845. The Balaban J connectivity index is 1.98. The van der Waals surface area contributed by atoms with Gasteiger partial charge in [0.2, 0.25) is 0 Å². The van der Waals surface area contributed by atoms with Gasteiger partial charge in [-0.1, -0.05) is 29.5 Å². The van der Waals surface area contributed by atoms with Crippen molar-refractivity contribution in [3.8, 4) is 0 Å². The van der Waals surface area contributed by atoms with Crippen LogP contribution in [0.4, 0.5) is 0 Å². The number of hydrogen-bond acceptors (Lipinski definition) is 5. The zero-order valence-corrected chi connectivity index (χ0v) is 12.3. The van der Waals surface area contributed by atoms with Crippen LogP contribution in [0.25, 0.3) is 10.9 Å². The first kappa shape index (κ1) is 13.6. The Kier molecular flexibility index (Phi) is 3.62. The molecule has 0 amide bonds. The van der Waals surface area contributed by atoms with Crippen molar-refractivity contribution in [3.05, 3.63) is 64.2 Å². The van der Waals surface area contributed by atoms with Crippen LogP contribution in [0.15, 0.2) is 52.5 Å². The highest BCUT2D eigenvalue weighted by Gasteiger charge is 2.10. The number of rotatable bonds is 3. The molecule has 0 radical (unpaired) electrons. The zero-order chi connectivity index (χ0) is 14.8. The Morgan fingerprint density at radius 3 is 2.90 bits per heavy atom. The molecule has 3 rings (SSSR count). The van der Waals surface area contributed by atoms with E-state index in [1.807, 2.05) is 37.3 Å². The molecule has 6 heteroatoms. The lowest BCUT2D eigenvalue weighted by molar-refractivity contribution is 0.779. The predicted octanol–water partition coefficient (Wildman–Crippen LogP) is 2.11. The first-order valence-electron chi connectivity index (χ1n) is 6.46. The van der Waals surface area contributed by atoms with E-state index < -0.39 is 0 Å². The lowest BCUT2D eigenvalue weighted by atomic mass is 10.2. The fourth-order valence-corrected chi connectivity index (χ4v) is 2.85. The molecule has 0 atom stereocenters. The molecule has 3 aromatic rings. The third-order valence-electron chi connectivity index (χ3n) is 3.10. The van der Waals surface area contributed by atoms with Crippen molar-refractivity contribution in [3.63, 3.8) is 0 Å². The fourth-order valence-electron chi connectivity index (χ4n) is 2.02.